The van der Waals surface area contributed by atoms with Crippen molar-refractivity contribution in [1.29, 1.82) is 0 Å². The smallest absolute Gasteiger partial charge is 0.185 e. The Balaban J connectivity index is 0.000000260. The third-order valence-corrected chi connectivity index (χ3v) is 14.4. The summed E-state index contributed by atoms with van der Waals surface area (Å²) in [6, 6.07) is 43.4. The van der Waals surface area contributed by atoms with Crippen LogP contribution in [0.15, 0.2) is 166 Å². The number of nitrogens with two attached hydrogens (primary N) is 11. The third-order valence-electron chi connectivity index (χ3n) is 14.4. The Morgan fingerprint density at radius 1 is 0.250 bits per heavy atom. The molecule has 0 spiro atoms. The van der Waals surface area contributed by atoms with Gasteiger partial charge in [-0.15, -0.1) is 0 Å². The number of rotatable bonds is 26. The van der Waals surface area contributed by atoms with Crippen LogP contribution in [0.25, 0.3) is 66.8 Å². The van der Waals surface area contributed by atoms with Crippen molar-refractivity contribution in [3.8, 4) is 66.8 Å². The highest BCUT2D eigenvalue weighted by Gasteiger charge is 2.15. The monoisotopic (exact) mass is 1200 g/mol. The average molecular weight is 1200 g/mol. The number of aliphatic imine (C=N–C) groups is 4. The molecule has 0 aromatic heterocycles. The van der Waals surface area contributed by atoms with E-state index < -0.39 is 11.6 Å². The number of benzene rings is 8. The van der Waals surface area contributed by atoms with Crippen LogP contribution >= 0.6 is 0 Å². The maximum atomic E-state index is 15.3. The van der Waals surface area contributed by atoms with Gasteiger partial charge in [0.05, 0.1) is 5.84 Å². The molecule has 88 heavy (non-hydrogen) atoms. The Kier molecular flexibility index (Phi) is 24.3. The lowest BCUT2D eigenvalue weighted by atomic mass is 9.92. The largest absolute Gasteiger partial charge is 0.388 e. The molecule has 8 aromatic carbocycles. The molecule has 0 saturated carbocycles. The lowest BCUT2D eigenvalue weighted by Crippen LogP contribution is -2.23. The van der Waals surface area contributed by atoms with Crippen molar-refractivity contribution in [1.82, 2.24) is 0 Å². The van der Waals surface area contributed by atoms with Gasteiger partial charge in [0, 0.05) is 26.2 Å². The maximum absolute atomic E-state index is 15.3. The molecule has 0 bridgehead atoms. The molecule has 0 aliphatic heterocycles. The summed E-state index contributed by atoms with van der Waals surface area (Å²) in [6.07, 6.45) is 5.19. The molecule has 15 nitrogen and oxygen atoms in total. The van der Waals surface area contributed by atoms with Gasteiger partial charge in [-0.1, -0.05) is 72.8 Å². The summed E-state index contributed by atoms with van der Waals surface area (Å²) in [7, 11) is 0. The molecule has 460 valence electrons. The van der Waals surface area contributed by atoms with Crippen LogP contribution < -0.4 is 63.1 Å². The molecule has 19 heteroatoms. The van der Waals surface area contributed by atoms with Gasteiger partial charge < -0.3 is 63.1 Å². The first-order valence-electron chi connectivity index (χ1n) is 29.3. The van der Waals surface area contributed by atoms with Gasteiger partial charge in [0.25, 0.3) is 0 Å². The molecule has 0 radical (unpaired) electrons. The standard InChI is InChI=1S/C37H45F2N11.C32H36F2N4/c1-22(40)47-6-2-23-10-24(3-7-48-35(41)42)13-27(12-23)29-16-31(20-33(38)18-29)32-17-30(19-34(39)21-32)28-14-25(4-8-49-36(43)44)11-26(15-28)5-9-50-37(45)46;33-31-17-27(25-11-21(1-5-35)9-22(12-25)2-6-36)15-29(19-31)30-16-28(18-32(34)20-30)26-13-23(3-7-37)10-24(14-26)4-8-38/h10-21H,2-9H2,1H3,(H2,40,47)(H4,41,42,48)(H4,43,44,49)(H4,45,46,50);9-20H,1-8,35-38H2. The predicted molar refractivity (Wildman–Crippen MR) is 355 cm³/mol. The zero-order valence-corrected chi connectivity index (χ0v) is 49.8. The highest BCUT2D eigenvalue weighted by Crippen LogP contribution is 2.36. The van der Waals surface area contributed by atoms with E-state index in [1.54, 1.807) is 6.92 Å². The van der Waals surface area contributed by atoms with Gasteiger partial charge in [0.15, 0.2) is 17.9 Å². The summed E-state index contributed by atoms with van der Waals surface area (Å²) < 4.78 is 60.5. The first-order chi connectivity index (χ1) is 42.3. The van der Waals surface area contributed by atoms with E-state index in [1.165, 1.54) is 48.5 Å². The fraction of sp³-hybridized carbons (Fsp3) is 0.246. The number of amidine groups is 1. The summed E-state index contributed by atoms with van der Waals surface area (Å²) in [6.45, 7) is 5.49. The molecule has 8 rings (SSSR count). The van der Waals surface area contributed by atoms with Crippen molar-refractivity contribution in [2.24, 2.45) is 83.0 Å². The first kappa shape index (κ1) is 66.1. The fourth-order valence-electron chi connectivity index (χ4n) is 10.5. The van der Waals surface area contributed by atoms with Gasteiger partial charge in [-0.25, -0.2) is 17.6 Å². The van der Waals surface area contributed by atoms with Gasteiger partial charge in [0.2, 0.25) is 0 Å². The second kappa shape index (κ2) is 32.4. The number of halogens is 4. The lowest BCUT2D eigenvalue weighted by molar-refractivity contribution is 0.626. The molecule has 0 saturated heterocycles. The van der Waals surface area contributed by atoms with E-state index in [2.05, 4.69) is 38.2 Å². The molecule has 8 aromatic rings. The van der Waals surface area contributed by atoms with E-state index >= 15 is 8.78 Å². The molecule has 0 heterocycles. The minimum Gasteiger partial charge on any atom is -0.388 e. The van der Waals surface area contributed by atoms with Gasteiger partial charge in [-0.05, 0) is 269 Å². The number of nitrogens with zero attached hydrogens (tertiary/aromatic N) is 4. The average Bonchev–Trinajstić information content (AvgIpc) is 2.06. The Labute approximate surface area is 512 Å². The summed E-state index contributed by atoms with van der Waals surface area (Å²) in [5, 5.41) is 0. The SMILES string of the molecule is CC(N)=NCCc1cc(CCN=C(N)N)cc(-c2cc(F)cc(-c3cc(F)cc(-c4cc(CCN=C(N)N)cc(CCN=C(N)N)c4)c3)c2)c1.NCCc1cc(CCN)cc(-c2cc(F)cc(-c3cc(F)cc(-c4cc(CCN)cc(CCN)c4)c3)c2)c1. The molecule has 0 fully saturated rings. The number of hydrogen-bond acceptors (Lipinski definition) is 8. The summed E-state index contributed by atoms with van der Waals surface area (Å²) in [5.41, 5.74) is 78.6. The Hall–Kier alpha value is -9.40. The predicted octanol–water partition coefficient (Wildman–Crippen LogP) is 8.30. The van der Waals surface area contributed by atoms with Crippen LogP contribution in [0.3, 0.4) is 0 Å². The van der Waals surface area contributed by atoms with E-state index in [9.17, 15) is 8.78 Å². The van der Waals surface area contributed by atoms with E-state index in [4.69, 9.17) is 63.1 Å². The highest BCUT2D eigenvalue weighted by molar-refractivity contribution is 5.81. The van der Waals surface area contributed by atoms with Crippen molar-refractivity contribution in [3.63, 3.8) is 0 Å². The molecule has 0 atom stereocenters. The van der Waals surface area contributed by atoms with Crippen LogP contribution in [0.1, 0.15) is 51.4 Å². The normalized spacial score (nSPS) is 11.2. The summed E-state index contributed by atoms with van der Waals surface area (Å²) >= 11 is 0. The minimum absolute atomic E-state index is 0.00288. The van der Waals surface area contributed by atoms with Crippen molar-refractivity contribution in [2.75, 3.05) is 52.4 Å². The van der Waals surface area contributed by atoms with Crippen molar-refractivity contribution in [2.45, 2.75) is 58.3 Å². The topological polar surface area (TPSA) is 336 Å². The molecule has 0 aliphatic rings. The van der Waals surface area contributed by atoms with Gasteiger partial charge in [0.1, 0.15) is 23.3 Å². The third kappa shape index (κ3) is 20.4. The van der Waals surface area contributed by atoms with Crippen LogP contribution in [0, 0.1) is 23.3 Å². The van der Waals surface area contributed by atoms with Crippen molar-refractivity contribution < 1.29 is 17.6 Å². The second-order valence-electron chi connectivity index (χ2n) is 21.7. The van der Waals surface area contributed by atoms with Crippen molar-refractivity contribution >= 4 is 23.7 Å². The Bertz CT molecular complexity index is 3430. The van der Waals surface area contributed by atoms with Crippen LogP contribution in [0.2, 0.25) is 0 Å². The lowest BCUT2D eigenvalue weighted by Gasteiger charge is -2.13. The van der Waals surface area contributed by atoms with Gasteiger partial charge in [-0.3, -0.25) is 20.0 Å². The fourth-order valence-corrected chi connectivity index (χ4v) is 10.5. The first-order valence-corrected chi connectivity index (χ1v) is 29.3. The maximum Gasteiger partial charge on any atom is 0.185 e. The molecular formula is C69H81F4N15. The van der Waals surface area contributed by atoms with Crippen LogP contribution in [-0.4, -0.2) is 76.1 Å². The van der Waals surface area contributed by atoms with E-state index in [0.29, 0.717) is 117 Å². The van der Waals surface area contributed by atoms with Crippen LogP contribution in [0.5, 0.6) is 0 Å². The van der Waals surface area contributed by atoms with Crippen LogP contribution in [0.4, 0.5) is 17.6 Å². The van der Waals surface area contributed by atoms with Gasteiger partial charge >= 0.3 is 0 Å². The molecular weight excluding hydrogens is 1110 g/mol. The van der Waals surface area contributed by atoms with Crippen LogP contribution in [-0.2, 0) is 51.4 Å². The van der Waals surface area contributed by atoms with E-state index in [0.717, 1.165) is 104 Å². The zero-order valence-electron chi connectivity index (χ0n) is 49.8. The minimum atomic E-state index is -0.462. The van der Waals surface area contributed by atoms with E-state index in [1.807, 2.05) is 78.9 Å². The Morgan fingerprint density at radius 2 is 0.420 bits per heavy atom. The van der Waals surface area contributed by atoms with Gasteiger partial charge in [-0.2, -0.15) is 0 Å². The molecule has 22 N–H and O–H groups in total. The molecule has 0 unspecified atom stereocenters. The quantitative estimate of drug-likeness (QED) is 0.0139. The number of guanidine groups is 3. The van der Waals surface area contributed by atoms with Crippen molar-refractivity contribution in [3.05, 3.63) is 213 Å². The molecule has 0 aliphatic carbocycles. The summed E-state index contributed by atoms with van der Waals surface area (Å²) in [4.78, 5) is 16.6. The number of hydrogen-bond donors (Lipinski definition) is 11. The second-order valence-corrected chi connectivity index (χ2v) is 21.7. The highest BCUT2D eigenvalue weighted by atomic mass is 19.1. The zero-order chi connectivity index (χ0) is 63.3. The summed E-state index contributed by atoms with van der Waals surface area (Å²) in [5.74, 6) is -1.17. The van der Waals surface area contributed by atoms with E-state index in [-0.39, 0.29) is 29.5 Å². The Morgan fingerprint density at radius 3 is 0.591 bits per heavy atom. The molecule has 0 amide bonds.